The van der Waals surface area contributed by atoms with E-state index in [0.717, 1.165) is 60.8 Å². The molecule has 41 heavy (non-hydrogen) atoms. The lowest BCUT2D eigenvalue weighted by Crippen LogP contribution is -2.43. The number of benzene rings is 2. The summed E-state index contributed by atoms with van der Waals surface area (Å²) in [5.41, 5.74) is 3.62. The molecule has 0 aliphatic carbocycles. The van der Waals surface area contributed by atoms with E-state index in [1.54, 1.807) is 0 Å². The predicted octanol–water partition coefficient (Wildman–Crippen LogP) is 3.92. The van der Waals surface area contributed by atoms with Crippen LogP contribution in [0.5, 0.6) is 0 Å². The molecule has 6 rings (SSSR count). The van der Waals surface area contributed by atoms with Gasteiger partial charge in [0.15, 0.2) is 0 Å². The zero-order valence-electron chi connectivity index (χ0n) is 24.3. The molecule has 11 nitrogen and oxygen atoms in total. The molecule has 11 heteroatoms. The zero-order valence-corrected chi connectivity index (χ0v) is 24.3. The molecule has 2 saturated heterocycles. The molecule has 2 aromatic carbocycles. The number of rotatable bonds is 6. The first-order valence-corrected chi connectivity index (χ1v) is 14.3. The fourth-order valence-corrected chi connectivity index (χ4v) is 5.80. The quantitative estimate of drug-likeness (QED) is 0.279. The maximum atomic E-state index is 12.4. The molecule has 2 aromatic heterocycles. The number of nitrogens with one attached hydrogen (secondary N) is 4. The first kappa shape index (κ1) is 30.2. The number of anilines is 2. The molecule has 0 unspecified atom stereocenters. The number of nitrogens with zero attached hydrogens (tertiary/aromatic N) is 4. The van der Waals surface area contributed by atoms with Crippen LogP contribution in [0.25, 0.3) is 22.1 Å². The van der Waals surface area contributed by atoms with Gasteiger partial charge in [-0.3, -0.25) is 30.0 Å². The van der Waals surface area contributed by atoms with Crippen molar-refractivity contribution in [2.75, 3.05) is 23.7 Å². The molecular formula is C30H42N8O3. The van der Waals surface area contributed by atoms with E-state index in [-0.39, 0.29) is 29.4 Å². The highest BCUT2D eigenvalue weighted by Gasteiger charge is 2.33. The predicted molar refractivity (Wildman–Crippen MR) is 163 cm³/mol. The number of fused-ring (bicyclic) bond motifs is 2. The van der Waals surface area contributed by atoms with E-state index in [1.807, 2.05) is 48.5 Å². The normalized spacial score (nSPS) is 19.4. The molecule has 2 amide bonds. The van der Waals surface area contributed by atoms with E-state index in [1.165, 1.54) is 0 Å². The van der Waals surface area contributed by atoms with Crippen LogP contribution in [0.15, 0.2) is 48.5 Å². The van der Waals surface area contributed by atoms with Gasteiger partial charge >= 0.3 is 0 Å². The van der Waals surface area contributed by atoms with Gasteiger partial charge in [0, 0.05) is 12.1 Å². The van der Waals surface area contributed by atoms with Gasteiger partial charge in [0.25, 0.3) is 0 Å². The molecule has 2 aliphatic heterocycles. The highest BCUT2D eigenvalue weighted by atomic mass is 16.2. The van der Waals surface area contributed by atoms with Gasteiger partial charge in [-0.2, -0.15) is 0 Å². The minimum atomic E-state index is -0.0387. The second-order valence-corrected chi connectivity index (χ2v) is 11.2. The van der Waals surface area contributed by atoms with Crippen molar-refractivity contribution in [3.8, 4) is 0 Å². The van der Waals surface area contributed by atoms with Gasteiger partial charge in [-0.25, -0.2) is 9.97 Å². The number of imidazole rings is 2. The number of para-hydroxylation sites is 4. The third kappa shape index (κ3) is 6.92. The number of carbonyl (C=O) groups is 2. The number of likely N-dealkylation sites (tertiary alicyclic amines) is 2. The smallest absolute Gasteiger partial charge is 0.244 e. The highest BCUT2D eigenvalue weighted by Crippen LogP contribution is 2.23. The van der Waals surface area contributed by atoms with E-state index >= 15 is 0 Å². The number of hydrogen-bond acceptors (Lipinski definition) is 6. The van der Waals surface area contributed by atoms with Gasteiger partial charge in [-0.05, 0) is 90.7 Å². The Morgan fingerprint density at radius 3 is 1.49 bits per heavy atom. The Hall–Kier alpha value is -3.80. The molecule has 4 aromatic rings. The molecule has 6 N–H and O–H groups in total. The molecular weight excluding hydrogens is 520 g/mol. The minimum absolute atomic E-state index is 0. The number of aromatic nitrogens is 4. The van der Waals surface area contributed by atoms with Crippen molar-refractivity contribution in [2.45, 2.75) is 77.5 Å². The number of H-pyrrole nitrogens is 2. The molecule has 0 saturated carbocycles. The van der Waals surface area contributed by atoms with Crippen LogP contribution in [-0.2, 0) is 9.59 Å². The van der Waals surface area contributed by atoms with E-state index in [4.69, 9.17) is 0 Å². The fraction of sp³-hybridized carbons (Fsp3) is 0.467. The Labute approximate surface area is 240 Å². The summed E-state index contributed by atoms with van der Waals surface area (Å²) >= 11 is 0. The maximum Gasteiger partial charge on any atom is 0.244 e. The Kier molecular flexibility index (Phi) is 9.74. The van der Waals surface area contributed by atoms with Crippen LogP contribution in [0.3, 0.4) is 0 Å². The summed E-state index contributed by atoms with van der Waals surface area (Å²) in [6, 6.07) is 16.2. The first-order chi connectivity index (χ1) is 19.3. The van der Waals surface area contributed by atoms with Crippen LogP contribution in [-0.4, -0.2) is 84.3 Å². The van der Waals surface area contributed by atoms with E-state index in [2.05, 4.69) is 68.1 Å². The second-order valence-electron chi connectivity index (χ2n) is 11.2. The summed E-state index contributed by atoms with van der Waals surface area (Å²) in [5, 5.41) is 5.82. The van der Waals surface area contributed by atoms with Crippen molar-refractivity contribution in [3.05, 3.63) is 48.5 Å². The zero-order chi connectivity index (χ0) is 28.2. The van der Waals surface area contributed by atoms with Gasteiger partial charge < -0.3 is 15.4 Å². The minimum Gasteiger partial charge on any atom is -0.412 e. The van der Waals surface area contributed by atoms with Crippen LogP contribution in [0.4, 0.5) is 11.9 Å². The first-order valence-electron chi connectivity index (χ1n) is 14.3. The Morgan fingerprint density at radius 2 is 1.12 bits per heavy atom. The van der Waals surface area contributed by atoms with Gasteiger partial charge in [-0.1, -0.05) is 24.3 Å². The summed E-state index contributed by atoms with van der Waals surface area (Å²) in [6.45, 7) is 10.5. The number of aromatic amines is 2. The van der Waals surface area contributed by atoms with Gasteiger partial charge in [-0.15, -0.1) is 0 Å². The average molecular weight is 563 g/mol. The molecule has 4 heterocycles. The van der Waals surface area contributed by atoms with E-state index < -0.39 is 0 Å². The highest BCUT2D eigenvalue weighted by molar-refractivity contribution is 5.95. The molecule has 220 valence electrons. The van der Waals surface area contributed by atoms with E-state index in [9.17, 15) is 9.59 Å². The van der Waals surface area contributed by atoms with Crippen LogP contribution in [0, 0.1) is 0 Å². The molecule has 0 radical (unpaired) electrons. The van der Waals surface area contributed by atoms with Crippen molar-refractivity contribution < 1.29 is 15.1 Å². The number of amides is 2. The topological polar surface area (TPSA) is 154 Å². The van der Waals surface area contributed by atoms with Gasteiger partial charge in [0.05, 0.1) is 34.2 Å². The monoisotopic (exact) mass is 562 g/mol. The summed E-state index contributed by atoms with van der Waals surface area (Å²) in [7, 11) is 0. The average Bonchev–Trinajstić information content (AvgIpc) is 3.73. The molecule has 2 aliphatic rings. The van der Waals surface area contributed by atoms with Crippen molar-refractivity contribution in [1.82, 2.24) is 29.7 Å². The molecule has 0 spiro atoms. The Balaban J connectivity index is 0.000000184. The Bertz CT molecular complexity index is 1290. The van der Waals surface area contributed by atoms with Gasteiger partial charge in [0.2, 0.25) is 23.7 Å². The third-order valence-corrected chi connectivity index (χ3v) is 7.78. The number of hydrogen-bond donors (Lipinski definition) is 4. The van der Waals surface area contributed by atoms with Crippen LogP contribution < -0.4 is 10.6 Å². The van der Waals surface area contributed by atoms with Crippen LogP contribution in [0.2, 0.25) is 0 Å². The van der Waals surface area contributed by atoms with Crippen molar-refractivity contribution >= 4 is 45.8 Å². The standard InChI is InChI=1S/2C15H20N4O.H2O/c2*1-10(2)19-9-5-8-13(19)14(20)18-15-16-11-6-3-4-7-12(11)17-15;/h2*3-4,6-7,10,13H,5,8-9H2,1-2H3,(H2,16,17,18,20);1H2/t2*13-;/m00./s1. The molecule has 0 bridgehead atoms. The SMILES string of the molecule is CC(C)N1CCC[C@H]1C(=O)Nc1nc2ccccc2[nH]1.CC(C)N1CCC[C@H]1C(=O)Nc1nc2ccccc2[nH]1.O. The van der Waals surface area contributed by atoms with Crippen molar-refractivity contribution in [1.29, 1.82) is 0 Å². The second kappa shape index (κ2) is 13.2. The number of carbonyl (C=O) groups excluding carboxylic acids is 2. The van der Waals surface area contributed by atoms with Crippen molar-refractivity contribution in [3.63, 3.8) is 0 Å². The van der Waals surface area contributed by atoms with Crippen molar-refractivity contribution in [2.24, 2.45) is 0 Å². The molecule has 2 fully saturated rings. The summed E-state index contributed by atoms with van der Waals surface area (Å²) in [4.78, 5) is 44.3. The lowest BCUT2D eigenvalue weighted by atomic mass is 10.2. The van der Waals surface area contributed by atoms with Gasteiger partial charge in [0.1, 0.15) is 0 Å². The lowest BCUT2D eigenvalue weighted by molar-refractivity contribution is -0.121. The fourth-order valence-electron chi connectivity index (χ4n) is 5.80. The summed E-state index contributed by atoms with van der Waals surface area (Å²) in [6.07, 6.45) is 4.00. The van der Waals surface area contributed by atoms with Crippen LogP contribution in [0.1, 0.15) is 53.4 Å². The Morgan fingerprint density at radius 1 is 0.732 bits per heavy atom. The summed E-state index contributed by atoms with van der Waals surface area (Å²) < 4.78 is 0. The molecule has 2 atom stereocenters. The third-order valence-electron chi connectivity index (χ3n) is 7.78. The maximum absolute atomic E-state index is 12.4. The van der Waals surface area contributed by atoms with E-state index in [0.29, 0.717) is 24.0 Å². The van der Waals surface area contributed by atoms with Crippen LogP contribution >= 0.6 is 0 Å². The largest absolute Gasteiger partial charge is 0.412 e. The lowest BCUT2D eigenvalue weighted by Gasteiger charge is -2.26. The summed E-state index contributed by atoms with van der Waals surface area (Å²) in [5.74, 6) is 1.14.